The van der Waals surface area contributed by atoms with Crippen molar-refractivity contribution in [2.45, 2.75) is 13.1 Å². The molecule has 2 aliphatic heterocycles. The molecule has 2 saturated heterocycles. The van der Waals surface area contributed by atoms with Crippen LogP contribution in [-0.4, -0.2) is 72.4 Å². The van der Waals surface area contributed by atoms with Crippen molar-refractivity contribution < 1.29 is 17.9 Å². The van der Waals surface area contributed by atoms with Crippen LogP contribution in [0.2, 0.25) is 0 Å². The number of aryl methyl sites for hydroxylation is 1. The van der Waals surface area contributed by atoms with Gasteiger partial charge in [-0.15, -0.1) is 0 Å². The van der Waals surface area contributed by atoms with E-state index in [4.69, 9.17) is 19.7 Å². The fraction of sp³-hybridized carbons (Fsp3) is 0.417. The molecule has 8 nitrogen and oxygen atoms in total. The summed E-state index contributed by atoms with van der Waals surface area (Å²) < 4.78 is 45.9. The minimum atomic E-state index is -4.45. The summed E-state index contributed by atoms with van der Waals surface area (Å²) in [4.78, 5) is 24.0. The van der Waals surface area contributed by atoms with Crippen molar-refractivity contribution in [2.75, 3.05) is 67.2 Å². The smallest absolute Gasteiger partial charge is 0.378 e. The van der Waals surface area contributed by atoms with Gasteiger partial charge in [0.25, 0.3) is 0 Å². The molecule has 0 spiro atoms. The Bertz CT molecular complexity index is 1160. The van der Waals surface area contributed by atoms with E-state index < -0.39 is 11.7 Å². The summed E-state index contributed by atoms with van der Waals surface area (Å²) in [5.41, 5.74) is 1.31. The van der Waals surface area contributed by atoms with Crippen molar-refractivity contribution in [1.82, 2.24) is 19.9 Å². The van der Waals surface area contributed by atoms with Crippen LogP contribution in [0, 0.1) is 6.92 Å². The van der Waals surface area contributed by atoms with E-state index >= 15 is 0 Å². The van der Waals surface area contributed by atoms with Crippen LogP contribution >= 0.6 is 0 Å². The van der Waals surface area contributed by atoms with Crippen molar-refractivity contribution in [3.63, 3.8) is 0 Å². The number of benzene rings is 1. The minimum Gasteiger partial charge on any atom is -0.378 e. The predicted molar refractivity (Wildman–Crippen MR) is 127 cm³/mol. The fourth-order valence-electron chi connectivity index (χ4n) is 4.22. The number of hydrogen-bond acceptors (Lipinski definition) is 8. The zero-order valence-corrected chi connectivity index (χ0v) is 19.4. The highest BCUT2D eigenvalue weighted by atomic mass is 19.4. The van der Waals surface area contributed by atoms with Gasteiger partial charge in [0.05, 0.1) is 18.8 Å². The number of hydrogen-bond donors (Lipinski definition) is 0. The summed E-state index contributed by atoms with van der Waals surface area (Å²) in [6.07, 6.45) is -3.06. The van der Waals surface area contributed by atoms with E-state index in [1.54, 1.807) is 4.90 Å². The Morgan fingerprint density at radius 1 is 0.771 bits per heavy atom. The molecule has 0 amide bonds. The van der Waals surface area contributed by atoms with Crippen molar-refractivity contribution in [1.29, 1.82) is 0 Å². The van der Waals surface area contributed by atoms with Crippen molar-refractivity contribution in [2.24, 2.45) is 0 Å². The van der Waals surface area contributed by atoms with Gasteiger partial charge < -0.3 is 19.4 Å². The molecule has 0 atom stereocenters. The van der Waals surface area contributed by atoms with Crippen LogP contribution in [0.5, 0.6) is 0 Å². The maximum absolute atomic E-state index is 13.5. The number of ether oxygens (including phenoxy) is 1. The molecule has 35 heavy (non-hydrogen) atoms. The SMILES string of the molecule is Cc1ccc(-c2nc(N3CCOCC3)nc(N3CCN(c4ncccc4C(F)(F)F)CC3)n2)cc1. The standard InChI is InChI=1S/C24H26F3N7O/c1-17-4-6-18(7-5-17)20-29-22(31-23(30-20)34-13-15-35-16-14-34)33-11-9-32(10-12-33)21-19(24(25,26)27)3-2-8-28-21/h2-8H,9-16H2,1H3. The van der Waals surface area contributed by atoms with E-state index in [1.807, 2.05) is 36.1 Å². The van der Waals surface area contributed by atoms with Gasteiger partial charge in [-0.2, -0.15) is 28.1 Å². The highest BCUT2D eigenvalue weighted by Crippen LogP contribution is 2.35. The van der Waals surface area contributed by atoms with Crippen LogP contribution < -0.4 is 14.7 Å². The van der Waals surface area contributed by atoms with Crippen molar-refractivity contribution >= 4 is 17.7 Å². The summed E-state index contributed by atoms with van der Waals surface area (Å²) in [5.74, 6) is 1.64. The molecule has 0 saturated carbocycles. The molecule has 0 radical (unpaired) electrons. The maximum atomic E-state index is 13.5. The van der Waals surface area contributed by atoms with Gasteiger partial charge in [-0.05, 0) is 19.1 Å². The van der Waals surface area contributed by atoms with Crippen LogP contribution in [0.15, 0.2) is 42.6 Å². The van der Waals surface area contributed by atoms with Gasteiger partial charge in [0.1, 0.15) is 5.82 Å². The van der Waals surface area contributed by atoms with E-state index in [9.17, 15) is 13.2 Å². The Hall–Kier alpha value is -3.47. The quantitative estimate of drug-likeness (QED) is 0.557. The van der Waals surface area contributed by atoms with Gasteiger partial charge in [0, 0.05) is 51.0 Å². The molecule has 4 heterocycles. The topological polar surface area (TPSA) is 70.5 Å². The Morgan fingerprint density at radius 2 is 1.37 bits per heavy atom. The maximum Gasteiger partial charge on any atom is 0.419 e. The lowest BCUT2D eigenvalue weighted by molar-refractivity contribution is -0.137. The molecule has 184 valence electrons. The summed E-state index contributed by atoms with van der Waals surface area (Å²) in [5, 5.41) is 0. The van der Waals surface area contributed by atoms with Gasteiger partial charge in [-0.3, -0.25) is 0 Å². The Labute approximate surface area is 201 Å². The average molecular weight is 486 g/mol. The lowest BCUT2D eigenvalue weighted by Gasteiger charge is -2.36. The lowest BCUT2D eigenvalue weighted by Crippen LogP contribution is -2.48. The summed E-state index contributed by atoms with van der Waals surface area (Å²) in [6, 6.07) is 10.4. The van der Waals surface area contributed by atoms with Gasteiger partial charge in [0.15, 0.2) is 5.82 Å². The number of aromatic nitrogens is 4. The third kappa shape index (κ3) is 5.14. The zero-order chi connectivity index (χ0) is 24.4. The monoisotopic (exact) mass is 485 g/mol. The van der Waals surface area contributed by atoms with Crippen LogP contribution in [0.3, 0.4) is 0 Å². The molecule has 2 aliphatic rings. The Balaban J connectivity index is 1.41. The van der Waals surface area contributed by atoms with Crippen LogP contribution in [-0.2, 0) is 10.9 Å². The third-order valence-electron chi connectivity index (χ3n) is 6.17. The summed E-state index contributed by atoms with van der Waals surface area (Å²) >= 11 is 0. The molecule has 1 aromatic carbocycles. The number of halogens is 3. The second-order valence-electron chi connectivity index (χ2n) is 8.57. The van der Waals surface area contributed by atoms with Crippen molar-refractivity contribution in [3.8, 4) is 11.4 Å². The van der Waals surface area contributed by atoms with Gasteiger partial charge in [0.2, 0.25) is 11.9 Å². The van der Waals surface area contributed by atoms with Crippen LogP contribution in [0.1, 0.15) is 11.1 Å². The molecule has 5 rings (SSSR count). The zero-order valence-electron chi connectivity index (χ0n) is 19.4. The molecular formula is C24H26F3N7O. The molecule has 11 heteroatoms. The molecule has 0 unspecified atom stereocenters. The Morgan fingerprint density at radius 3 is 2.00 bits per heavy atom. The van der Waals surface area contributed by atoms with E-state index in [1.165, 1.54) is 12.3 Å². The predicted octanol–water partition coefficient (Wildman–Crippen LogP) is 3.42. The third-order valence-corrected chi connectivity index (χ3v) is 6.17. The minimum absolute atomic E-state index is 0.0374. The van der Waals surface area contributed by atoms with Gasteiger partial charge in [-0.25, -0.2) is 4.98 Å². The van der Waals surface area contributed by atoms with E-state index in [0.717, 1.165) is 17.2 Å². The number of piperazine rings is 1. The molecular weight excluding hydrogens is 459 g/mol. The van der Waals surface area contributed by atoms with Gasteiger partial charge in [-0.1, -0.05) is 29.8 Å². The molecule has 3 aromatic rings. The van der Waals surface area contributed by atoms with E-state index in [-0.39, 0.29) is 5.82 Å². The first-order chi connectivity index (χ1) is 16.9. The second kappa shape index (κ2) is 9.65. The first kappa shape index (κ1) is 23.3. The first-order valence-electron chi connectivity index (χ1n) is 11.6. The van der Waals surface area contributed by atoms with E-state index in [0.29, 0.717) is 70.2 Å². The number of anilines is 3. The number of nitrogens with zero attached hydrogens (tertiary/aromatic N) is 7. The molecule has 2 fully saturated rings. The highest BCUT2D eigenvalue weighted by molar-refractivity contribution is 5.59. The molecule has 2 aromatic heterocycles. The van der Waals surface area contributed by atoms with E-state index in [2.05, 4.69) is 9.88 Å². The summed E-state index contributed by atoms with van der Waals surface area (Å²) in [6.45, 7) is 6.27. The largest absolute Gasteiger partial charge is 0.419 e. The number of pyridine rings is 1. The normalized spacial score (nSPS) is 17.1. The number of rotatable bonds is 4. The second-order valence-corrected chi connectivity index (χ2v) is 8.57. The first-order valence-corrected chi connectivity index (χ1v) is 11.6. The van der Waals surface area contributed by atoms with Crippen molar-refractivity contribution in [3.05, 3.63) is 53.7 Å². The Kier molecular flexibility index (Phi) is 6.42. The molecule has 0 aliphatic carbocycles. The van der Waals surface area contributed by atoms with Crippen LogP contribution in [0.4, 0.5) is 30.9 Å². The number of alkyl halides is 3. The number of morpholine rings is 1. The molecule has 0 bridgehead atoms. The summed E-state index contributed by atoms with van der Waals surface area (Å²) in [7, 11) is 0. The van der Waals surface area contributed by atoms with Crippen LogP contribution in [0.25, 0.3) is 11.4 Å². The van der Waals surface area contributed by atoms with Gasteiger partial charge >= 0.3 is 6.18 Å². The highest BCUT2D eigenvalue weighted by Gasteiger charge is 2.36. The fourth-order valence-corrected chi connectivity index (χ4v) is 4.22. The molecule has 0 N–H and O–H groups in total. The average Bonchev–Trinajstić information content (AvgIpc) is 2.89. The lowest BCUT2D eigenvalue weighted by atomic mass is 10.1.